The molecule has 1 amide bonds. The molecule has 1 N–H and O–H groups in total. The van der Waals surface area contributed by atoms with Gasteiger partial charge in [0.25, 0.3) is 0 Å². The first-order valence-electron chi connectivity index (χ1n) is 5.46. The summed E-state index contributed by atoms with van der Waals surface area (Å²) >= 11 is 0. The minimum atomic E-state index is -0.903. The largest absolute Gasteiger partial charge is 0.465 e. The number of terminal acetylenes is 1. The summed E-state index contributed by atoms with van der Waals surface area (Å²) in [5.41, 5.74) is -0.414. The molecule has 1 aliphatic rings. The predicted molar refractivity (Wildman–Crippen MR) is 61.2 cm³/mol. The highest BCUT2D eigenvalue weighted by Gasteiger charge is 2.35. The molecule has 1 saturated heterocycles. The van der Waals surface area contributed by atoms with E-state index in [0.717, 1.165) is 12.8 Å². The lowest BCUT2D eigenvalue weighted by Crippen LogP contribution is -2.54. The van der Waals surface area contributed by atoms with Crippen LogP contribution in [0.25, 0.3) is 0 Å². The van der Waals surface area contributed by atoms with Gasteiger partial charge < -0.3 is 9.84 Å². The molecule has 0 saturated carbocycles. The van der Waals surface area contributed by atoms with Crippen molar-refractivity contribution in [2.24, 2.45) is 0 Å². The van der Waals surface area contributed by atoms with Crippen LogP contribution in [0.2, 0.25) is 0 Å². The van der Waals surface area contributed by atoms with Crippen LogP contribution in [-0.2, 0) is 4.74 Å². The van der Waals surface area contributed by atoms with Crippen LogP contribution in [0.5, 0.6) is 0 Å². The molecule has 2 atom stereocenters. The van der Waals surface area contributed by atoms with Crippen LogP contribution in [0.4, 0.5) is 4.79 Å². The second kappa shape index (κ2) is 4.75. The van der Waals surface area contributed by atoms with Crippen molar-refractivity contribution in [3.05, 3.63) is 0 Å². The molecule has 4 heteroatoms. The van der Waals surface area contributed by atoms with E-state index in [0.29, 0.717) is 6.61 Å². The number of nitrogens with zero attached hydrogens (tertiary/aromatic N) is 1. The monoisotopic (exact) mass is 225 g/mol. The molecule has 4 nitrogen and oxygen atoms in total. The topological polar surface area (TPSA) is 49.8 Å². The van der Waals surface area contributed by atoms with Gasteiger partial charge in [0.1, 0.15) is 6.10 Å². The van der Waals surface area contributed by atoms with Crippen LogP contribution in [0.1, 0.15) is 33.6 Å². The zero-order chi connectivity index (χ0) is 12.3. The number of carboxylic acid groups (broad SMARTS) is 1. The molecule has 1 rings (SSSR count). The Labute approximate surface area is 96.6 Å². The fraction of sp³-hybridized carbons (Fsp3) is 0.750. The zero-order valence-electron chi connectivity index (χ0n) is 10.1. The van der Waals surface area contributed by atoms with Crippen molar-refractivity contribution in [3.63, 3.8) is 0 Å². The smallest absolute Gasteiger partial charge is 0.408 e. The Balaban J connectivity index is 2.69. The second-order valence-corrected chi connectivity index (χ2v) is 5.04. The fourth-order valence-corrected chi connectivity index (χ4v) is 2.06. The van der Waals surface area contributed by atoms with Gasteiger partial charge in [0.05, 0.1) is 12.6 Å². The van der Waals surface area contributed by atoms with Crippen LogP contribution in [0.3, 0.4) is 0 Å². The van der Waals surface area contributed by atoms with E-state index in [1.165, 1.54) is 4.90 Å². The SMILES string of the molecule is C#C[C@@H]1CC[C@@H](N(C(=O)O)C(C)(C)C)CO1. The summed E-state index contributed by atoms with van der Waals surface area (Å²) in [7, 11) is 0. The Kier molecular flexibility index (Phi) is 3.82. The summed E-state index contributed by atoms with van der Waals surface area (Å²) in [4.78, 5) is 12.7. The summed E-state index contributed by atoms with van der Waals surface area (Å²) in [6, 6.07) is -0.0953. The number of carbonyl (C=O) groups is 1. The molecule has 0 radical (unpaired) electrons. The van der Waals surface area contributed by atoms with Gasteiger partial charge in [0.2, 0.25) is 0 Å². The minimum Gasteiger partial charge on any atom is -0.465 e. The first kappa shape index (κ1) is 12.9. The van der Waals surface area contributed by atoms with Crippen molar-refractivity contribution in [3.8, 4) is 12.3 Å². The molecule has 0 aliphatic carbocycles. The predicted octanol–water partition coefficient (Wildman–Crippen LogP) is 1.95. The summed E-state index contributed by atoms with van der Waals surface area (Å²) in [5, 5.41) is 9.21. The van der Waals surface area contributed by atoms with Gasteiger partial charge >= 0.3 is 6.09 Å². The number of amides is 1. The molecule has 90 valence electrons. The van der Waals surface area contributed by atoms with E-state index in [4.69, 9.17) is 11.2 Å². The van der Waals surface area contributed by atoms with Gasteiger partial charge in [0.15, 0.2) is 0 Å². The highest BCUT2D eigenvalue weighted by molar-refractivity contribution is 5.66. The summed E-state index contributed by atoms with van der Waals surface area (Å²) in [6.07, 6.45) is 5.69. The molecule has 1 aliphatic heterocycles. The highest BCUT2D eigenvalue weighted by Crippen LogP contribution is 2.24. The lowest BCUT2D eigenvalue weighted by Gasteiger charge is -2.41. The molecular formula is C12H19NO3. The van der Waals surface area contributed by atoms with E-state index in [1.807, 2.05) is 20.8 Å². The number of hydrogen-bond donors (Lipinski definition) is 1. The number of hydrogen-bond acceptors (Lipinski definition) is 2. The molecule has 0 spiro atoms. The van der Waals surface area contributed by atoms with Crippen LogP contribution < -0.4 is 0 Å². The van der Waals surface area contributed by atoms with E-state index < -0.39 is 11.6 Å². The van der Waals surface area contributed by atoms with Gasteiger partial charge in [-0.1, -0.05) is 5.92 Å². The second-order valence-electron chi connectivity index (χ2n) is 5.04. The maximum absolute atomic E-state index is 11.2. The first-order chi connectivity index (χ1) is 7.36. The normalized spacial score (nSPS) is 25.9. The maximum Gasteiger partial charge on any atom is 0.408 e. The average molecular weight is 225 g/mol. The van der Waals surface area contributed by atoms with E-state index in [-0.39, 0.29) is 12.1 Å². The maximum atomic E-state index is 11.2. The lowest BCUT2D eigenvalue weighted by atomic mass is 9.98. The van der Waals surface area contributed by atoms with Crippen molar-refractivity contribution in [2.45, 2.75) is 51.3 Å². The molecule has 0 aromatic rings. The van der Waals surface area contributed by atoms with Gasteiger partial charge in [-0.3, -0.25) is 4.90 Å². The molecule has 0 aromatic carbocycles. The van der Waals surface area contributed by atoms with E-state index in [1.54, 1.807) is 0 Å². The Hall–Kier alpha value is -1.21. The molecule has 0 unspecified atom stereocenters. The Morgan fingerprint density at radius 2 is 2.12 bits per heavy atom. The Morgan fingerprint density at radius 1 is 1.50 bits per heavy atom. The molecule has 0 bridgehead atoms. The number of ether oxygens (including phenoxy) is 1. The Bertz CT molecular complexity index is 292. The van der Waals surface area contributed by atoms with Crippen LogP contribution in [-0.4, -0.2) is 40.4 Å². The number of rotatable bonds is 1. The van der Waals surface area contributed by atoms with E-state index >= 15 is 0 Å². The lowest BCUT2D eigenvalue weighted by molar-refractivity contribution is -0.0303. The van der Waals surface area contributed by atoms with Gasteiger partial charge in [-0.05, 0) is 33.6 Å². The van der Waals surface area contributed by atoms with Crippen molar-refractivity contribution >= 4 is 6.09 Å². The van der Waals surface area contributed by atoms with E-state index in [9.17, 15) is 9.90 Å². The van der Waals surface area contributed by atoms with Crippen molar-refractivity contribution in [1.29, 1.82) is 0 Å². The van der Waals surface area contributed by atoms with Crippen molar-refractivity contribution < 1.29 is 14.6 Å². The zero-order valence-corrected chi connectivity index (χ0v) is 10.1. The van der Waals surface area contributed by atoms with Crippen LogP contribution in [0.15, 0.2) is 0 Å². The summed E-state index contributed by atoms with van der Waals surface area (Å²) in [6.45, 7) is 6.04. The average Bonchev–Trinajstić information content (AvgIpc) is 2.16. The fourth-order valence-electron chi connectivity index (χ4n) is 2.06. The first-order valence-corrected chi connectivity index (χ1v) is 5.46. The summed E-state index contributed by atoms with van der Waals surface area (Å²) < 4.78 is 5.42. The minimum absolute atomic E-state index is 0.0953. The molecular weight excluding hydrogens is 206 g/mol. The van der Waals surface area contributed by atoms with Crippen molar-refractivity contribution in [2.75, 3.05) is 6.61 Å². The molecule has 16 heavy (non-hydrogen) atoms. The van der Waals surface area contributed by atoms with Crippen LogP contribution >= 0.6 is 0 Å². The Morgan fingerprint density at radius 3 is 2.44 bits per heavy atom. The van der Waals surface area contributed by atoms with E-state index in [2.05, 4.69) is 5.92 Å². The van der Waals surface area contributed by atoms with Gasteiger partial charge in [0, 0.05) is 5.54 Å². The van der Waals surface area contributed by atoms with Crippen molar-refractivity contribution in [1.82, 2.24) is 4.90 Å². The van der Waals surface area contributed by atoms with Crippen LogP contribution in [0, 0.1) is 12.3 Å². The third kappa shape index (κ3) is 2.89. The standard InChI is InChI=1S/C12H19NO3/c1-5-10-7-6-9(8-16-10)13(11(14)15)12(2,3)4/h1,9-10H,6-8H2,2-4H3,(H,14,15)/t9-,10-/m1/s1. The quantitative estimate of drug-likeness (QED) is 0.694. The summed E-state index contributed by atoms with van der Waals surface area (Å²) in [5.74, 6) is 2.54. The third-order valence-electron chi connectivity index (χ3n) is 2.73. The van der Waals surface area contributed by atoms with Gasteiger partial charge in [-0.15, -0.1) is 6.42 Å². The highest BCUT2D eigenvalue weighted by atomic mass is 16.5. The molecule has 0 aromatic heterocycles. The van der Waals surface area contributed by atoms with Gasteiger partial charge in [-0.2, -0.15) is 0 Å². The molecule has 1 fully saturated rings. The van der Waals surface area contributed by atoms with Gasteiger partial charge in [-0.25, -0.2) is 4.79 Å². The third-order valence-corrected chi connectivity index (χ3v) is 2.73. The molecule has 1 heterocycles.